The smallest absolute Gasteiger partial charge is 0.0434 e. The number of rotatable bonds is 6. The first kappa shape index (κ1) is 18.1. The minimum Gasteiger partial charge on any atom is -0.396 e. The Kier molecular flexibility index (Phi) is 10.1. The summed E-state index contributed by atoms with van der Waals surface area (Å²) in [5.74, 6) is 0. The maximum Gasteiger partial charge on any atom is 0.0434 e. The first-order valence-electron chi connectivity index (χ1n) is 7.26. The molecule has 0 aliphatic carbocycles. The summed E-state index contributed by atoms with van der Waals surface area (Å²) in [5, 5.41) is 17.1. The molecule has 3 heteroatoms. The summed E-state index contributed by atoms with van der Waals surface area (Å²) in [6, 6.07) is 18.6. The molecule has 0 unspecified atom stereocenters. The second-order valence-corrected chi connectivity index (χ2v) is 6.01. The molecule has 0 aliphatic rings. The number of aliphatic hydroxyl groups excluding tert-OH is 2. The van der Waals surface area contributed by atoms with Gasteiger partial charge in [0.25, 0.3) is 0 Å². The summed E-state index contributed by atoms with van der Waals surface area (Å²) in [4.78, 5) is 0. The van der Waals surface area contributed by atoms with Crippen LogP contribution in [0.15, 0.2) is 54.6 Å². The molecule has 0 aromatic heterocycles. The van der Waals surface area contributed by atoms with Crippen LogP contribution in [0.5, 0.6) is 0 Å². The van der Waals surface area contributed by atoms with Crippen molar-refractivity contribution in [2.75, 3.05) is 13.2 Å². The fourth-order valence-electron chi connectivity index (χ4n) is 1.86. The van der Waals surface area contributed by atoms with Crippen molar-refractivity contribution in [3.63, 3.8) is 0 Å². The van der Waals surface area contributed by atoms with E-state index in [-0.39, 0.29) is 13.2 Å². The van der Waals surface area contributed by atoms with E-state index in [4.69, 9.17) is 10.2 Å². The highest BCUT2D eigenvalue weighted by Gasteiger charge is 1.91. The summed E-state index contributed by atoms with van der Waals surface area (Å²) in [6.07, 6.45) is 3.69. The Bertz CT molecular complexity index is 468. The predicted octanol–water partition coefficient (Wildman–Crippen LogP) is 3.83. The van der Waals surface area contributed by atoms with E-state index in [1.54, 1.807) is 0 Å². The third kappa shape index (κ3) is 8.86. The molecule has 2 rings (SSSR count). The van der Waals surface area contributed by atoms with Crippen LogP contribution in [0.2, 0.25) is 0 Å². The SMILES string of the molecule is OCCCc1ccc(I)cc1.OCCCc1ccccc1. The fourth-order valence-corrected chi connectivity index (χ4v) is 2.22. The average molecular weight is 398 g/mol. The molecule has 2 nitrogen and oxygen atoms in total. The lowest BCUT2D eigenvalue weighted by Gasteiger charge is -1.98. The van der Waals surface area contributed by atoms with Gasteiger partial charge in [0, 0.05) is 16.8 Å². The molecule has 0 aliphatic heterocycles. The molecule has 21 heavy (non-hydrogen) atoms. The Morgan fingerprint density at radius 2 is 1.14 bits per heavy atom. The lowest BCUT2D eigenvalue weighted by Crippen LogP contribution is -1.88. The van der Waals surface area contributed by atoms with Crippen LogP contribution in [0.25, 0.3) is 0 Å². The number of aliphatic hydroxyl groups is 2. The Labute approximate surface area is 141 Å². The molecule has 0 amide bonds. The monoisotopic (exact) mass is 398 g/mol. The topological polar surface area (TPSA) is 40.5 Å². The zero-order chi connectivity index (χ0) is 15.3. The van der Waals surface area contributed by atoms with Gasteiger partial charge < -0.3 is 10.2 Å². The molecule has 2 aromatic rings. The van der Waals surface area contributed by atoms with Gasteiger partial charge in [-0.15, -0.1) is 0 Å². The maximum atomic E-state index is 8.58. The van der Waals surface area contributed by atoms with E-state index in [1.807, 2.05) is 18.2 Å². The third-order valence-electron chi connectivity index (χ3n) is 3.00. The second-order valence-electron chi connectivity index (χ2n) is 4.77. The summed E-state index contributed by atoms with van der Waals surface area (Å²) in [5.41, 5.74) is 2.61. The molecule has 0 bridgehead atoms. The highest BCUT2D eigenvalue weighted by atomic mass is 127. The van der Waals surface area contributed by atoms with Crippen molar-refractivity contribution in [2.45, 2.75) is 25.7 Å². The normalized spacial score (nSPS) is 9.86. The van der Waals surface area contributed by atoms with Gasteiger partial charge in [-0.05, 0) is 71.5 Å². The van der Waals surface area contributed by atoms with E-state index in [2.05, 4.69) is 59.0 Å². The Morgan fingerprint density at radius 3 is 1.62 bits per heavy atom. The average Bonchev–Trinajstić information content (AvgIpc) is 2.54. The van der Waals surface area contributed by atoms with Crippen LogP contribution in [-0.4, -0.2) is 23.4 Å². The summed E-state index contributed by atoms with van der Waals surface area (Å²) < 4.78 is 1.26. The van der Waals surface area contributed by atoms with Gasteiger partial charge >= 0.3 is 0 Å². The quantitative estimate of drug-likeness (QED) is 0.727. The van der Waals surface area contributed by atoms with Gasteiger partial charge in [-0.25, -0.2) is 0 Å². The summed E-state index contributed by atoms with van der Waals surface area (Å²) in [6.45, 7) is 0.570. The van der Waals surface area contributed by atoms with Gasteiger partial charge in [-0.2, -0.15) is 0 Å². The lowest BCUT2D eigenvalue weighted by atomic mass is 10.1. The molecule has 0 fully saturated rings. The highest BCUT2D eigenvalue weighted by Crippen LogP contribution is 2.08. The van der Waals surface area contributed by atoms with Crippen molar-refractivity contribution in [3.8, 4) is 0 Å². The van der Waals surface area contributed by atoms with Crippen LogP contribution >= 0.6 is 22.6 Å². The lowest BCUT2D eigenvalue weighted by molar-refractivity contribution is 0.288. The van der Waals surface area contributed by atoms with E-state index in [1.165, 1.54) is 14.7 Å². The van der Waals surface area contributed by atoms with Crippen LogP contribution in [0.3, 0.4) is 0 Å². The Hall–Kier alpha value is -0.910. The second kappa shape index (κ2) is 11.7. The summed E-state index contributed by atoms with van der Waals surface area (Å²) >= 11 is 2.28. The van der Waals surface area contributed by atoms with E-state index in [0.717, 1.165) is 25.7 Å². The maximum absolute atomic E-state index is 8.58. The van der Waals surface area contributed by atoms with Crippen molar-refractivity contribution in [2.24, 2.45) is 0 Å². The van der Waals surface area contributed by atoms with Crippen molar-refractivity contribution < 1.29 is 10.2 Å². The molecule has 0 saturated heterocycles. The molecule has 114 valence electrons. The molecule has 0 spiro atoms. The largest absolute Gasteiger partial charge is 0.396 e. The van der Waals surface area contributed by atoms with Gasteiger partial charge in [0.05, 0.1) is 0 Å². The summed E-state index contributed by atoms with van der Waals surface area (Å²) in [7, 11) is 0. The molecular weight excluding hydrogens is 375 g/mol. The van der Waals surface area contributed by atoms with Crippen LogP contribution < -0.4 is 0 Å². The first-order chi connectivity index (χ1) is 10.3. The molecule has 0 radical (unpaired) electrons. The van der Waals surface area contributed by atoms with E-state index in [0.29, 0.717) is 0 Å². The first-order valence-corrected chi connectivity index (χ1v) is 8.34. The van der Waals surface area contributed by atoms with Gasteiger partial charge in [0.15, 0.2) is 0 Å². The number of aryl methyl sites for hydroxylation is 2. The molecule has 0 atom stereocenters. The van der Waals surface area contributed by atoms with Crippen molar-refractivity contribution in [1.82, 2.24) is 0 Å². The van der Waals surface area contributed by atoms with E-state index >= 15 is 0 Å². The molecular formula is C18H23IO2. The Morgan fingerprint density at radius 1 is 0.667 bits per heavy atom. The Balaban J connectivity index is 0.000000211. The van der Waals surface area contributed by atoms with Gasteiger partial charge in [-0.3, -0.25) is 0 Å². The number of halogens is 1. The fraction of sp³-hybridized carbons (Fsp3) is 0.333. The van der Waals surface area contributed by atoms with Gasteiger partial charge in [-0.1, -0.05) is 42.5 Å². The van der Waals surface area contributed by atoms with E-state index in [9.17, 15) is 0 Å². The van der Waals surface area contributed by atoms with Gasteiger partial charge in [0.2, 0.25) is 0 Å². The van der Waals surface area contributed by atoms with Crippen molar-refractivity contribution in [1.29, 1.82) is 0 Å². The van der Waals surface area contributed by atoms with Crippen molar-refractivity contribution >= 4 is 22.6 Å². The number of benzene rings is 2. The highest BCUT2D eigenvalue weighted by molar-refractivity contribution is 14.1. The van der Waals surface area contributed by atoms with Crippen LogP contribution in [0.1, 0.15) is 24.0 Å². The van der Waals surface area contributed by atoms with Crippen molar-refractivity contribution in [3.05, 3.63) is 69.3 Å². The van der Waals surface area contributed by atoms with Gasteiger partial charge in [0.1, 0.15) is 0 Å². The minimum atomic E-state index is 0.284. The molecule has 0 heterocycles. The molecule has 2 N–H and O–H groups in total. The van der Waals surface area contributed by atoms with E-state index < -0.39 is 0 Å². The standard InChI is InChI=1S/C9H11IO.C9H12O/c10-9-5-3-8(4-6-9)2-1-7-11;10-8-4-7-9-5-2-1-3-6-9/h3-6,11H,1-2,7H2;1-3,5-6,10H,4,7-8H2. The van der Waals surface area contributed by atoms with Crippen LogP contribution in [-0.2, 0) is 12.8 Å². The number of hydrogen-bond donors (Lipinski definition) is 2. The van der Waals surface area contributed by atoms with Crippen LogP contribution in [0, 0.1) is 3.57 Å². The predicted molar refractivity (Wildman–Crippen MR) is 96.4 cm³/mol. The zero-order valence-electron chi connectivity index (χ0n) is 12.2. The third-order valence-corrected chi connectivity index (χ3v) is 3.72. The van der Waals surface area contributed by atoms with Crippen LogP contribution in [0.4, 0.5) is 0 Å². The number of hydrogen-bond acceptors (Lipinski definition) is 2. The molecule has 2 aromatic carbocycles. The minimum absolute atomic E-state index is 0.284. The molecule has 0 saturated carbocycles. The zero-order valence-corrected chi connectivity index (χ0v) is 14.4.